The van der Waals surface area contributed by atoms with E-state index >= 15 is 0 Å². The van der Waals surface area contributed by atoms with Crippen LogP contribution in [0.3, 0.4) is 0 Å². The Bertz CT molecular complexity index is 2040. The number of allylic oxidation sites excluding steroid dienone is 2. The topological polar surface area (TPSA) is 61.2 Å². The Morgan fingerprint density at radius 1 is 0.630 bits per heavy atom. The number of benzene rings is 5. The average Bonchev–Trinajstić information content (AvgIpc) is 3.72. The van der Waals surface area contributed by atoms with Crippen LogP contribution in [0.5, 0.6) is 5.75 Å². The highest BCUT2D eigenvalue weighted by Gasteiger charge is 2.42. The van der Waals surface area contributed by atoms with E-state index in [1.807, 2.05) is 42.5 Å². The van der Waals surface area contributed by atoms with Crippen molar-refractivity contribution in [2.75, 3.05) is 10.2 Å². The van der Waals surface area contributed by atoms with E-state index in [1.54, 1.807) is 0 Å². The predicted octanol–water partition coefficient (Wildman–Crippen LogP) is 8.42. The number of fused-ring (bicyclic) bond motifs is 5. The summed E-state index contributed by atoms with van der Waals surface area (Å²) in [6.45, 7) is 0. The predicted molar refractivity (Wildman–Crippen MR) is 185 cm³/mol. The van der Waals surface area contributed by atoms with Gasteiger partial charge in [-0.1, -0.05) is 127 Å². The molecule has 0 aromatic heterocycles. The van der Waals surface area contributed by atoms with Gasteiger partial charge >= 0.3 is 0 Å². The zero-order chi connectivity index (χ0) is 30.5. The van der Waals surface area contributed by atoms with Crippen LogP contribution in [-0.4, -0.2) is 17.7 Å². The van der Waals surface area contributed by atoms with Crippen molar-refractivity contribution in [3.05, 3.63) is 180 Å². The minimum atomic E-state index is -0.272. The lowest BCUT2D eigenvalue weighted by Gasteiger charge is -2.29. The van der Waals surface area contributed by atoms with Gasteiger partial charge in [-0.15, -0.1) is 0 Å². The van der Waals surface area contributed by atoms with Gasteiger partial charge in [0.25, 0.3) is 0 Å². The molecule has 222 valence electrons. The van der Waals surface area contributed by atoms with Gasteiger partial charge in [0.2, 0.25) is 0 Å². The summed E-state index contributed by atoms with van der Waals surface area (Å²) in [5.41, 5.74) is 8.78. The third-order valence-corrected chi connectivity index (χ3v) is 9.10. The summed E-state index contributed by atoms with van der Waals surface area (Å²) in [6, 6.07) is 44.1. The molecule has 4 aliphatic rings. The molecule has 3 aliphatic heterocycles. The number of nitrogens with one attached hydrogen (secondary N) is 2. The number of nitrogens with zero attached hydrogens (tertiary/aromatic N) is 3. The quantitative estimate of drug-likeness (QED) is 0.214. The Hall–Kier alpha value is -5.88. The highest BCUT2D eigenvalue weighted by Crippen LogP contribution is 2.56. The molecule has 9 rings (SSSR count). The molecule has 5 aromatic carbocycles. The van der Waals surface area contributed by atoms with Crippen LogP contribution >= 0.6 is 0 Å². The molecule has 0 radical (unpaired) electrons. The summed E-state index contributed by atoms with van der Waals surface area (Å²) in [6.07, 6.45) is 8.42. The van der Waals surface area contributed by atoms with E-state index in [4.69, 9.17) is 14.7 Å². The van der Waals surface area contributed by atoms with Crippen LogP contribution < -0.4 is 20.3 Å². The van der Waals surface area contributed by atoms with E-state index in [1.165, 1.54) is 11.3 Å². The number of anilines is 3. The Morgan fingerprint density at radius 2 is 1.33 bits per heavy atom. The number of ether oxygens (including phenoxy) is 1. The summed E-state index contributed by atoms with van der Waals surface area (Å²) in [7, 11) is 0. The monoisotopic (exact) mass is 597 g/mol. The van der Waals surface area contributed by atoms with Crippen LogP contribution in [0, 0.1) is 0 Å². The van der Waals surface area contributed by atoms with E-state index in [0.717, 1.165) is 51.0 Å². The molecular weight excluding hydrogens is 566 g/mol. The maximum atomic E-state index is 6.63. The second-order valence-corrected chi connectivity index (χ2v) is 11.9. The largest absolute Gasteiger partial charge is 0.464 e. The molecule has 0 fully saturated rings. The van der Waals surface area contributed by atoms with Gasteiger partial charge in [-0.2, -0.15) is 0 Å². The first-order valence-corrected chi connectivity index (χ1v) is 15.7. The second-order valence-electron chi connectivity index (χ2n) is 11.9. The van der Waals surface area contributed by atoms with Gasteiger partial charge in [0.15, 0.2) is 17.8 Å². The van der Waals surface area contributed by atoms with Crippen molar-refractivity contribution in [2.45, 2.75) is 24.4 Å². The summed E-state index contributed by atoms with van der Waals surface area (Å²) in [5.74, 6) is 2.67. The molecule has 6 nitrogen and oxygen atoms in total. The number of aliphatic imine (C=N–C) groups is 2. The minimum Gasteiger partial charge on any atom is -0.464 e. The molecule has 5 aromatic rings. The van der Waals surface area contributed by atoms with E-state index in [-0.39, 0.29) is 24.4 Å². The SMILES string of the molecule is C1=CC2c3c(ccc4c3OC(c3ccccc3)N4)N(c3ccc(C4N=C(c5ccccc5)N=C(c5ccccc5)N4)cc3)C2C=C1. The van der Waals surface area contributed by atoms with Gasteiger partial charge in [-0.05, 0) is 29.8 Å². The van der Waals surface area contributed by atoms with Crippen LogP contribution in [-0.2, 0) is 0 Å². The fraction of sp³-hybridized carbons (Fsp3) is 0.100. The molecular formula is C40H31N5O. The first-order valence-electron chi connectivity index (χ1n) is 15.7. The molecule has 3 heterocycles. The van der Waals surface area contributed by atoms with Crippen LogP contribution in [0.4, 0.5) is 17.1 Å². The third kappa shape index (κ3) is 4.49. The summed E-state index contributed by atoms with van der Waals surface area (Å²) in [4.78, 5) is 12.4. The van der Waals surface area contributed by atoms with E-state index < -0.39 is 0 Å². The third-order valence-electron chi connectivity index (χ3n) is 9.10. The van der Waals surface area contributed by atoms with Gasteiger partial charge in [-0.25, -0.2) is 9.98 Å². The van der Waals surface area contributed by atoms with Crippen LogP contribution in [0.1, 0.15) is 46.1 Å². The molecule has 0 spiro atoms. The molecule has 4 unspecified atom stereocenters. The summed E-state index contributed by atoms with van der Waals surface area (Å²) < 4.78 is 6.63. The highest BCUT2D eigenvalue weighted by atomic mass is 16.5. The highest BCUT2D eigenvalue weighted by molar-refractivity contribution is 6.13. The first-order chi connectivity index (χ1) is 22.8. The summed E-state index contributed by atoms with van der Waals surface area (Å²) in [5, 5.41) is 7.18. The lowest BCUT2D eigenvalue weighted by Crippen LogP contribution is -2.33. The van der Waals surface area contributed by atoms with Crippen molar-refractivity contribution in [2.24, 2.45) is 9.98 Å². The van der Waals surface area contributed by atoms with Crippen molar-refractivity contribution in [3.8, 4) is 5.75 Å². The number of hydrogen-bond acceptors (Lipinski definition) is 6. The van der Waals surface area contributed by atoms with Crippen LogP contribution in [0.2, 0.25) is 0 Å². The van der Waals surface area contributed by atoms with Gasteiger partial charge in [0, 0.05) is 39.5 Å². The molecule has 0 saturated carbocycles. The van der Waals surface area contributed by atoms with Crippen LogP contribution in [0.15, 0.2) is 162 Å². The lowest BCUT2D eigenvalue weighted by atomic mass is 9.90. The molecule has 46 heavy (non-hydrogen) atoms. The van der Waals surface area contributed by atoms with Crippen molar-refractivity contribution < 1.29 is 4.74 Å². The smallest absolute Gasteiger partial charge is 0.196 e. The molecule has 0 saturated heterocycles. The molecule has 6 heteroatoms. The molecule has 4 atom stereocenters. The summed E-state index contributed by atoms with van der Waals surface area (Å²) >= 11 is 0. The lowest BCUT2D eigenvalue weighted by molar-refractivity contribution is 0.257. The maximum absolute atomic E-state index is 6.63. The maximum Gasteiger partial charge on any atom is 0.196 e. The second kappa shape index (κ2) is 10.9. The van der Waals surface area contributed by atoms with Crippen molar-refractivity contribution >= 4 is 28.7 Å². The Morgan fingerprint density at radius 3 is 2.09 bits per heavy atom. The number of amidine groups is 2. The average molecular weight is 598 g/mol. The zero-order valence-corrected chi connectivity index (χ0v) is 25.0. The molecule has 0 amide bonds. The molecule has 1 aliphatic carbocycles. The van der Waals surface area contributed by atoms with E-state index in [0.29, 0.717) is 0 Å². The van der Waals surface area contributed by atoms with Gasteiger partial charge < -0.3 is 20.3 Å². The number of hydrogen-bond donors (Lipinski definition) is 2. The van der Waals surface area contributed by atoms with Gasteiger partial charge in [0.1, 0.15) is 12.0 Å². The zero-order valence-electron chi connectivity index (χ0n) is 25.0. The minimum absolute atomic E-state index is 0.157. The Kier molecular flexibility index (Phi) is 6.30. The van der Waals surface area contributed by atoms with Crippen molar-refractivity contribution in [3.63, 3.8) is 0 Å². The van der Waals surface area contributed by atoms with Gasteiger partial charge in [-0.3, -0.25) is 0 Å². The van der Waals surface area contributed by atoms with E-state index in [9.17, 15) is 0 Å². The van der Waals surface area contributed by atoms with Crippen molar-refractivity contribution in [1.29, 1.82) is 0 Å². The fourth-order valence-corrected chi connectivity index (χ4v) is 6.91. The van der Waals surface area contributed by atoms with Crippen LogP contribution in [0.25, 0.3) is 0 Å². The first kappa shape index (κ1) is 26.5. The molecule has 0 bridgehead atoms. The number of rotatable bonds is 5. The standard InChI is InChI=1S/C40H31N5O/c1-4-12-26(13-5-1)37-42-38(27-14-6-2-7-15-27)44-39(43-37)28-20-22-30(23-21-28)45-33-19-11-10-18-31(33)35-34(45)25-24-32-36(35)46-40(41-32)29-16-8-3-9-17-29/h1-25,31,33,39-41H,(H,42,43,44). The fourth-order valence-electron chi connectivity index (χ4n) is 6.91. The van der Waals surface area contributed by atoms with Gasteiger partial charge in [0.05, 0.1) is 11.7 Å². The van der Waals surface area contributed by atoms with E-state index in [2.05, 4.69) is 125 Å². The van der Waals surface area contributed by atoms with Crippen molar-refractivity contribution in [1.82, 2.24) is 5.32 Å². The Balaban J connectivity index is 1.06. The molecule has 2 N–H and O–H groups in total. The Labute approximate surface area is 268 Å². The normalized spacial score (nSPS) is 22.0.